The van der Waals surface area contributed by atoms with Crippen molar-refractivity contribution >= 4 is 11.3 Å². The summed E-state index contributed by atoms with van der Waals surface area (Å²) >= 11 is 1.06. The van der Waals surface area contributed by atoms with Gasteiger partial charge < -0.3 is 4.57 Å². The number of aryl methyl sites for hydroxylation is 1. The van der Waals surface area contributed by atoms with E-state index in [1.54, 1.807) is 6.07 Å². The highest BCUT2D eigenvalue weighted by Gasteiger charge is 2.16. The first kappa shape index (κ1) is 16.7. The van der Waals surface area contributed by atoms with Crippen LogP contribution in [0.2, 0.25) is 0 Å². The molecule has 0 saturated heterocycles. The molecule has 0 aliphatic heterocycles. The molecular weight excluding hydrogens is 350 g/mol. The second-order valence-electron chi connectivity index (χ2n) is 5.16. The molecular formula is C16H10F2N4O2S. The average molecular weight is 360 g/mol. The Hall–Kier alpha value is -3.12. The summed E-state index contributed by atoms with van der Waals surface area (Å²) in [6.45, 7) is -0.193. The van der Waals surface area contributed by atoms with E-state index in [0.29, 0.717) is 5.01 Å². The predicted molar refractivity (Wildman–Crippen MR) is 87.2 cm³/mol. The third-order valence-corrected chi connectivity index (χ3v) is 4.35. The molecule has 0 unspecified atom stereocenters. The van der Waals surface area contributed by atoms with Crippen molar-refractivity contribution in [3.05, 3.63) is 72.8 Å². The van der Waals surface area contributed by atoms with Crippen LogP contribution in [0.25, 0.3) is 11.3 Å². The summed E-state index contributed by atoms with van der Waals surface area (Å²) in [6, 6.07) is 5.21. The van der Waals surface area contributed by atoms with Crippen LogP contribution in [0.3, 0.4) is 0 Å². The lowest BCUT2D eigenvalue weighted by Crippen LogP contribution is -2.40. The minimum Gasteiger partial charge on any atom is -0.302 e. The van der Waals surface area contributed by atoms with Gasteiger partial charge in [0, 0.05) is 18.6 Å². The molecule has 0 N–H and O–H groups in total. The smallest absolute Gasteiger partial charge is 0.302 e. The molecule has 9 heteroatoms. The van der Waals surface area contributed by atoms with Gasteiger partial charge in [0.1, 0.15) is 28.3 Å². The Morgan fingerprint density at radius 3 is 2.60 bits per heavy atom. The summed E-state index contributed by atoms with van der Waals surface area (Å²) in [7, 11) is 1.42. The van der Waals surface area contributed by atoms with Crippen LogP contribution < -0.4 is 11.2 Å². The first-order chi connectivity index (χ1) is 11.9. The monoisotopic (exact) mass is 360 g/mol. The lowest BCUT2D eigenvalue weighted by Gasteiger charge is -2.05. The predicted octanol–water partition coefficient (Wildman–Crippen LogP) is 1.87. The van der Waals surface area contributed by atoms with Crippen LogP contribution in [0.5, 0.6) is 0 Å². The van der Waals surface area contributed by atoms with E-state index < -0.39 is 22.9 Å². The van der Waals surface area contributed by atoms with Crippen molar-refractivity contribution in [1.29, 1.82) is 5.26 Å². The highest BCUT2D eigenvalue weighted by molar-refractivity contribution is 7.09. The number of thiazole rings is 1. The van der Waals surface area contributed by atoms with E-state index in [-0.39, 0.29) is 23.4 Å². The van der Waals surface area contributed by atoms with Gasteiger partial charge in [-0.1, -0.05) is 6.07 Å². The second-order valence-corrected chi connectivity index (χ2v) is 6.11. The van der Waals surface area contributed by atoms with Gasteiger partial charge in [0.05, 0.1) is 17.8 Å². The van der Waals surface area contributed by atoms with Crippen LogP contribution in [0.1, 0.15) is 10.6 Å². The Labute approximate surface area is 143 Å². The number of nitriles is 1. The largest absolute Gasteiger partial charge is 0.331 e. The van der Waals surface area contributed by atoms with Crippen molar-refractivity contribution in [2.75, 3.05) is 0 Å². The highest BCUT2D eigenvalue weighted by Crippen LogP contribution is 2.27. The van der Waals surface area contributed by atoms with Crippen LogP contribution in [0.15, 0.2) is 39.4 Å². The number of hydrogen-bond acceptors (Lipinski definition) is 5. The number of nitrogens with zero attached hydrogens (tertiary/aromatic N) is 4. The zero-order chi connectivity index (χ0) is 18.1. The maximum atomic E-state index is 13.8. The summed E-state index contributed by atoms with van der Waals surface area (Å²) < 4.78 is 29.6. The van der Waals surface area contributed by atoms with Gasteiger partial charge in [-0.15, -0.1) is 11.3 Å². The number of rotatable bonds is 3. The van der Waals surface area contributed by atoms with Gasteiger partial charge in [-0.05, 0) is 12.1 Å². The van der Waals surface area contributed by atoms with Crippen molar-refractivity contribution in [1.82, 2.24) is 14.1 Å². The third kappa shape index (κ3) is 2.99. The molecule has 0 bridgehead atoms. The van der Waals surface area contributed by atoms with Gasteiger partial charge in [-0.25, -0.2) is 18.6 Å². The standard InChI is InChI=1S/C16H10F2N4O2S/c1-21-6-9(5-19)15(23)22(16(21)24)7-13-20-12(8-25-13)14-10(17)3-2-4-11(14)18/h2-4,6,8H,7H2,1H3. The Bertz CT molecular complexity index is 1100. The summed E-state index contributed by atoms with van der Waals surface area (Å²) in [4.78, 5) is 28.4. The van der Waals surface area contributed by atoms with E-state index in [1.165, 1.54) is 18.5 Å². The molecule has 0 atom stereocenters. The number of benzene rings is 1. The normalized spacial score (nSPS) is 10.6. The lowest BCUT2D eigenvalue weighted by atomic mass is 10.1. The molecule has 0 radical (unpaired) electrons. The molecule has 126 valence electrons. The number of hydrogen-bond donors (Lipinski definition) is 0. The van der Waals surface area contributed by atoms with Crippen LogP contribution in [0.4, 0.5) is 8.78 Å². The number of halogens is 2. The number of aromatic nitrogens is 3. The van der Waals surface area contributed by atoms with Crippen molar-refractivity contribution in [3.8, 4) is 17.3 Å². The van der Waals surface area contributed by atoms with Gasteiger partial charge in [0.15, 0.2) is 0 Å². The maximum Gasteiger partial charge on any atom is 0.331 e. The fourth-order valence-electron chi connectivity index (χ4n) is 2.32. The quantitative estimate of drug-likeness (QED) is 0.714. The lowest BCUT2D eigenvalue weighted by molar-refractivity contribution is 0.588. The summed E-state index contributed by atoms with van der Waals surface area (Å²) in [5.74, 6) is -1.51. The van der Waals surface area contributed by atoms with E-state index in [2.05, 4.69) is 4.98 Å². The molecule has 2 aromatic heterocycles. The average Bonchev–Trinajstić information content (AvgIpc) is 3.03. The molecule has 2 heterocycles. The summed E-state index contributed by atoms with van der Waals surface area (Å²) in [5.41, 5.74) is -1.72. The SMILES string of the molecule is Cn1cc(C#N)c(=O)n(Cc2nc(-c3c(F)cccc3F)cs2)c1=O. The fraction of sp³-hybridized carbons (Fsp3) is 0.125. The molecule has 3 rings (SSSR count). The molecule has 0 aliphatic carbocycles. The van der Waals surface area contributed by atoms with E-state index in [4.69, 9.17) is 5.26 Å². The van der Waals surface area contributed by atoms with Gasteiger partial charge in [0.25, 0.3) is 5.56 Å². The van der Waals surface area contributed by atoms with Gasteiger partial charge >= 0.3 is 5.69 Å². The van der Waals surface area contributed by atoms with E-state index in [9.17, 15) is 18.4 Å². The Kier molecular flexibility index (Phi) is 4.29. The van der Waals surface area contributed by atoms with Gasteiger partial charge in [-0.2, -0.15) is 5.26 Å². The molecule has 0 saturated carbocycles. The molecule has 6 nitrogen and oxygen atoms in total. The van der Waals surface area contributed by atoms with E-state index in [0.717, 1.165) is 38.8 Å². The molecule has 1 aromatic carbocycles. The highest BCUT2D eigenvalue weighted by atomic mass is 32.1. The fourth-order valence-corrected chi connectivity index (χ4v) is 3.09. The molecule has 0 fully saturated rings. The second kappa shape index (κ2) is 6.41. The van der Waals surface area contributed by atoms with E-state index >= 15 is 0 Å². The van der Waals surface area contributed by atoms with Crippen molar-refractivity contribution in [3.63, 3.8) is 0 Å². The Morgan fingerprint density at radius 2 is 1.96 bits per heavy atom. The van der Waals surface area contributed by atoms with E-state index in [1.807, 2.05) is 0 Å². The Balaban J connectivity index is 2.04. The zero-order valence-corrected chi connectivity index (χ0v) is 13.7. The zero-order valence-electron chi connectivity index (χ0n) is 12.9. The maximum absolute atomic E-state index is 13.8. The van der Waals surface area contributed by atoms with Crippen LogP contribution in [0, 0.1) is 23.0 Å². The van der Waals surface area contributed by atoms with Gasteiger partial charge in [-0.3, -0.25) is 9.36 Å². The summed E-state index contributed by atoms with van der Waals surface area (Å²) in [6.07, 6.45) is 1.16. The van der Waals surface area contributed by atoms with Crippen LogP contribution in [-0.4, -0.2) is 14.1 Å². The molecule has 0 spiro atoms. The van der Waals surface area contributed by atoms with Crippen molar-refractivity contribution in [2.45, 2.75) is 6.54 Å². The molecule has 0 amide bonds. The third-order valence-electron chi connectivity index (χ3n) is 3.52. The summed E-state index contributed by atoms with van der Waals surface area (Å²) in [5, 5.41) is 10.7. The topological polar surface area (TPSA) is 80.7 Å². The molecule has 25 heavy (non-hydrogen) atoms. The van der Waals surface area contributed by atoms with Crippen LogP contribution >= 0.6 is 11.3 Å². The Morgan fingerprint density at radius 1 is 1.28 bits per heavy atom. The van der Waals surface area contributed by atoms with Crippen molar-refractivity contribution < 1.29 is 8.78 Å². The minimum atomic E-state index is -0.753. The van der Waals surface area contributed by atoms with Crippen molar-refractivity contribution in [2.24, 2.45) is 7.05 Å². The van der Waals surface area contributed by atoms with Gasteiger partial charge in [0.2, 0.25) is 0 Å². The molecule has 3 aromatic rings. The first-order valence-electron chi connectivity index (χ1n) is 7.01. The van der Waals surface area contributed by atoms with Crippen LogP contribution in [-0.2, 0) is 13.6 Å². The first-order valence-corrected chi connectivity index (χ1v) is 7.89. The minimum absolute atomic E-state index is 0.0805. The molecule has 0 aliphatic rings.